The van der Waals surface area contributed by atoms with Gasteiger partial charge in [-0.15, -0.1) is 0 Å². The highest BCUT2D eigenvalue weighted by Crippen LogP contribution is 2.28. The normalized spacial score (nSPS) is 11.3. The van der Waals surface area contributed by atoms with Gasteiger partial charge in [0, 0.05) is 16.9 Å². The van der Waals surface area contributed by atoms with Crippen molar-refractivity contribution >= 4 is 35.0 Å². The van der Waals surface area contributed by atoms with Crippen LogP contribution >= 0.6 is 23.4 Å². The Morgan fingerprint density at radius 1 is 1.35 bits per heavy atom. The summed E-state index contributed by atoms with van der Waals surface area (Å²) in [7, 11) is 0. The molecule has 1 aromatic carbocycles. The smallest absolute Gasteiger partial charge is 0.325 e. The molecule has 2 aromatic rings. The number of benzene rings is 1. The number of carbonyl (C=O) groups is 1. The molecule has 0 radical (unpaired) electrons. The first-order valence-corrected chi connectivity index (χ1v) is 7.71. The molecule has 4 nitrogen and oxygen atoms in total. The minimum atomic E-state index is -4.54. The predicted molar refractivity (Wildman–Crippen MR) is 82.6 cm³/mol. The number of thioether (sulfide) groups is 1. The van der Waals surface area contributed by atoms with Crippen LogP contribution in [0.2, 0.25) is 5.02 Å². The van der Waals surface area contributed by atoms with Crippen molar-refractivity contribution in [3.63, 3.8) is 0 Å². The van der Waals surface area contributed by atoms with Gasteiger partial charge >= 0.3 is 6.18 Å². The number of rotatable bonds is 4. The first-order valence-electron chi connectivity index (χ1n) is 6.35. The third kappa shape index (κ3) is 5.11. The average Bonchev–Trinajstić information content (AvgIpc) is 2.48. The molecule has 0 saturated heterocycles. The molecular formula is C14H11ClF3N3OS. The van der Waals surface area contributed by atoms with E-state index in [1.54, 1.807) is 25.1 Å². The van der Waals surface area contributed by atoms with Gasteiger partial charge in [-0.05, 0) is 30.7 Å². The van der Waals surface area contributed by atoms with E-state index >= 15 is 0 Å². The molecule has 0 saturated carbocycles. The van der Waals surface area contributed by atoms with Crippen molar-refractivity contribution in [1.29, 1.82) is 0 Å². The molecule has 0 aliphatic carbocycles. The van der Waals surface area contributed by atoms with E-state index < -0.39 is 11.9 Å². The third-order valence-electron chi connectivity index (χ3n) is 2.73. The van der Waals surface area contributed by atoms with Crippen LogP contribution in [0.1, 0.15) is 11.3 Å². The summed E-state index contributed by atoms with van der Waals surface area (Å²) >= 11 is 6.67. The maximum Gasteiger partial charge on any atom is 0.433 e. The van der Waals surface area contributed by atoms with Crippen molar-refractivity contribution in [2.24, 2.45) is 0 Å². The number of amides is 1. The number of carbonyl (C=O) groups excluding carboxylic acids is 1. The summed E-state index contributed by atoms with van der Waals surface area (Å²) in [6, 6.07) is 5.82. The highest BCUT2D eigenvalue weighted by atomic mass is 35.5. The van der Waals surface area contributed by atoms with Crippen molar-refractivity contribution in [3.05, 3.63) is 46.7 Å². The third-order valence-corrected chi connectivity index (χ3v) is 3.83. The first-order chi connectivity index (χ1) is 10.8. The molecule has 1 aromatic heterocycles. The van der Waals surface area contributed by atoms with Crippen LogP contribution in [-0.4, -0.2) is 21.6 Å². The Balaban J connectivity index is 1.98. The van der Waals surface area contributed by atoms with Crippen LogP contribution in [0, 0.1) is 6.92 Å². The summed E-state index contributed by atoms with van der Waals surface area (Å²) in [4.78, 5) is 19.0. The summed E-state index contributed by atoms with van der Waals surface area (Å²) in [5, 5.41) is 3.00. The lowest BCUT2D eigenvalue weighted by Crippen LogP contribution is -2.15. The number of alkyl halides is 3. The number of aryl methyl sites for hydroxylation is 1. The molecule has 9 heteroatoms. The van der Waals surface area contributed by atoms with E-state index in [-0.39, 0.29) is 16.8 Å². The van der Waals surface area contributed by atoms with Gasteiger partial charge in [0.15, 0.2) is 5.16 Å². The summed E-state index contributed by atoms with van der Waals surface area (Å²) in [5.41, 5.74) is 0.331. The summed E-state index contributed by atoms with van der Waals surface area (Å²) in [6.45, 7) is 1.80. The molecule has 0 unspecified atom stereocenters. The molecule has 122 valence electrons. The minimum absolute atomic E-state index is 0.113. The Morgan fingerprint density at radius 3 is 2.78 bits per heavy atom. The standard InChI is InChI=1S/C14H11ClF3N3OS/c1-8-2-3-9(15)6-10(8)20-12(22)7-23-13-19-5-4-11(21-13)14(16,17)18/h2-6H,7H2,1H3,(H,20,22). The van der Waals surface area contributed by atoms with Crippen LogP contribution in [0.4, 0.5) is 18.9 Å². The van der Waals surface area contributed by atoms with E-state index in [1.165, 1.54) is 0 Å². The van der Waals surface area contributed by atoms with Crippen molar-refractivity contribution in [2.75, 3.05) is 11.1 Å². The lowest BCUT2D eigenvalue weighted by atomic mass is 10.2. The number of hydrogen-bond donors (Lipinski definition) is 1. The maximum atomic E-state index is 12.5. The fourth-order valence-corrected chi connectivity index (χ4v) is 2.42. The first kappa shape index (κ1) is 17.6. The molecular weight excluding hydrogens is 351 g/mol. The van der Waals surface area contributed by atoms with E-state index in [9.17, 15) is 18.0 Å². The van der Waals surface area contributed by atoms with Crippen molar-refractivity contribution in [3.8, 4) is 0 Å². The number of anilines is 1. The fourth-order valence-electron chi connectivity index (χ4n) is 1.61. The van der Waals surface area contributed by atoms with Crippen molar-refractivity contribution < 1.29 is 18.0 Å². The van der Waals surface area contributed by atoms with Crippen LogP contribution in [0.5, 0.6) is 0 Å². The van der Waals surface area contributed by atoms with Crippen LogP contribution in [0.25, 0.3) is 0 Å². The highest BCUT2D eigenvalue weighted by Gasteiger charge is 2.32. The maximum absolute atomic E-state index is 12.5. The van der Waals surface area contributed by atoms with E-state index in [4.69, 9.17) is 11.6 Å². The lowest BCUT2D eigenvalue weighted by molar-refractivity contribution is -0.141. The zero-order valence-electron chi connectivity index (χ0n) is 11.8. The largest absolute Gasteiger partial charge is 0.433 e. The number of hydrogen-bond acceptors (Lipinski definition) is 4. The summed E-state index contributed by atoms with van der Waals surface area (Å²) < 4.78 is 37.6. The second-order valence-corrected chi connectivity index (χ2v) is 5.90. The van der Waals surface area contributed by atoms with Gasteiger partial charge in [0.1, 0.15) is 5.69 Å². The van der Waals surface area contributed by atoms with E-state index in [1.807, 2.05) is 0 Å². The van der Waals surface area contributed by atoms with Gasteiger partial charge in [0.05, 0.1) is 5.75 Å². The fraction of sp³-hybridized carbons (Fsp3) is 0.214. The SMILES string of the molecule is Cc1ccc(Cl)cc1NC(=O)CSc1nccc(C(F)(F)F)n1. The quantitative estimate of drug-likeness (QED) is 0.655. The molecule has 0 spiro atoms. The van der Waals surface area contributed by atoms with Gasteiger partial charge in [-0.2, -0.15) is 13.2 Å². The van der Waals surface area contributed by atoms with Crippen LogP contribution in [-0.2, 0) is 11.0 Å². The van der Waals surface area contributed by atoms with Gasteiger partial charge in [0.2, 0.25) is 5.91 Å². The van der Waals surface area contributed by atoms with E-state index in [2.05, 4.69) is 15.3 Å². The molecule has 0 aliphatic rings. The van der Waals surface area contributed by atoms with Crippen LogP contribution in [0.3, 0.4) is 0 Å². The van der Waals surface area contributed by atoms with Gasteiger partial charge in [-0.1, -0.05) is 29.4 Å². The summed E-state index contributed by atoms with van der Waals surface area (Å²) in [5.74, 6) is -0.505. The number of aromatic nitrogens is 2. The monoisotopic (exact) mass is 361 g/mol. The average molecular weight is 362 g/mol. The van der Waals surface area contributed by atoms with Crippen molar-refractivity contribution in [2.45, 2.75) is 18.3 Å². The molecule has 0 bridgehead atoms. The summed E-state index contributed by atoms with van der Waals surface area (Å²) in [6.07, 6.45) is -3.53. The second kappa shape index (κ2) is 7.18. The Bertz CT molecular complexity index is 725. The lowest BCUT2D eigenvalue weighted by Gasteiger charge is -2.09. The molecule has 1 heterocycles. The molecule has 23 heavy (non-hydrogen) atoms. The Hall–Kier alpha value is -1.80. The Morgan fingerprint density at radius 2 is 2.09 bits per heavy atom. The van der Waals surface area contributed by atoms with Gasteiger partial charge in [0.25, 0.3) is 0 Å². The number of nitrogens with one attached hydrogen (secondary N) is 1. The van der Waals surface area contributed by atoms with Crippen molar-refractivity contribution in [1.82, 2.24) is 9.97 Å². The Labute approximate surface area is 139 Å². The molecule has 1 amide bonds. The van der Waals surface area contributed by atoms with Gasteiger partial charge < -0.3 is 5.32 Å². The molecule has 0 atom stereocenters. The number of nitrogens with zero attached hydrogens (tertiary/aromatic N) is 2. The molecule has 2 rings (SSSR count). The van der Waals surface area contributed by atoms with Crippen LogP contribution < -0.4 is 5.32 Å². The Kier molecular flexibility index (Phi) is 5.48. The molecule has 0 aliphatic heterocycles. The number of halogens is 4. The zero-order valence-corrected chi connectivity index (χ0v) is 13.4. The topological polar surface area (TPSA) is 54.9 Å². The predicted octanol–water partition coefficient (Wildman–Crippen LogP) is 4.19. The van der Waals surface area contributed by atoms with Gasteiger partial charge in [-0.25, -0.2) is 9.97 Å². The zero-order chi connectivity index (χ0) is 17.0. The van der Waals surface area contributed by atoms with E-state index in [0.717, 1.165) is 29.6 Å². The highest BCUT2D eigenvalue weighted by molar-refractivity contribution is 7.99. The van der Waals surface area contributed by atoms with Crippen LogP contribution in [0.15, 0.2) is 35.6 Å². The van der Waals surface area contributed by atoms with Gasteiger partial charge in [-0.3, -0.25) is 4.79 Å². The molecule has 0 fully saturated rings. The minimum Gasteiger partial charge on any atom is -0.325 e. The van der Waals surface area contributed by atoms with E-state index in [0.29, 0.717) is 10.7 Å². The second-order valence-electron chi connectivity index (χ2n) is 4.52. The molecule has 1 N–H and O–H groups in total.